The molecule has 0 heterocycles. The monoisotopic (exact) mass is 402 g/mol. The van der Waals surface area contributed by atoms with Crippen LogP contribution >= 0.6 is 0 Å². The molecule has 152 valence electrons. The zero-order chi connectivity index (χ0) is 21.1. The summed E-state index contributed by atoms with van der Waals surface area (Å²) in [7, 11) is 1.06. The number of carboxylic acid groups (broad SMARTS) is 1. The molecule has 0 saturated heterocycles. The van der Waals surface area contributed by atoms with Crippen LogP contribution in [0, 0.1) is 5.92 Å². The number of esters is 1. The number of aliphatic carboxylic acids is 1. The summed E-state index contributed by atoms with van der Waals surface area (Å²) in [6.45, 7) is 0. The summed E-state index contributed by atoms with van der Waals surface area (Å²) in [5.74, 6) is -7.61. The van der Waals surface area contributed by atoms with Gasteiger partial charge in [-0.2, -0.15) is 13.2 Å². The van der Waals surface area contributed by atoms with Crippen molar-refractivity contribution in [3.05, 3.63) is 35.9 Å². The van der Waals surface area contributed by atoms with E-state index in [1.54, 1.807) is 30.3 Å². The maximum atomic E-state index is 12.6. The van der Waals surface area contributed by atoms with Gasteiger partial charge >= 0.3 is 24.0 Å². The van der Waals surface area contributed by atoms with Gasteiger partial charge in [0.05, 0.1) is 13.0 Å². The Bertz CT molecular complexity index is 783. The van der Waals surface area contributed by atoms with Gasteiger partial charge in [-0.1, -0.05) is 30.3 Å². The van der Waals surface area contributed by atoms with E-state index >= 15 is 0 Å². The third-order valence-electron chi connectivity index (χ3n) is 4.33. The van der Waals surface area contributed by atoms with Gasteiger partial charge in [0.25, 0.3) is 0 Å². The number of methoxy groups -OCH3 is 1. The quantitative estimate of drug-likeness (QED) is 0.568. The Morgan fingerprint density at radius 2 is 1.86 bits per heavy atom. The number of carboxylic acids is 1. The average Bonchev–Trinajstić information content (AvgIpc) is 3.36. The zero-order valence-electron chi connectivity index (χ0n) is 14.6. The van der Waals surface area contributed by atoms with Crippen molar-refractivity contribution in [3.63, 3.8) is 0 Å². The largest absolute Gasteiger partial charge is 0.481 e. The summed E-state index contributed by atoms with van der Waals surface area (Å²) in [5, 5.41) is 12.7. The topological polar surface area (TPSA) is 122 Å². The Morgan fingerprint density at radius 1 is 1.25 bits per heavy atom. The van der Waals surface area contributed by atoms with E-state index in [1.165, 1.54) is 5.32 Å². The minimum absolute atomic E-state index is 0.0414. The Kier molecular flexibility index (Phi) is 5.95. The number of rotatable bonds is 7. The molecule has 1 saturated carbocycles. The van der Waals surface area contributed by atoms with Crippen molar-refractivity contribution in [1.82, 2.24) is 10.6 Å². The molecule has 1 aliphatic carbocycles. The maximum absolute atomic E-state index is 12.6. The molecule has 0 bridgehead atoms. The molecule has 1 aromatic rings. The van der Waals surface area contributed by atoms with Crippen molar-refractivity contribution in [2.75, 3.05) is 7.11 Å². The molecule has 1 aromatic carbocycles. The third-order valence-corrected chi connectivity index (χ3v) is 4.33. The van der Waals surface area contributed by atoms with E-state index in [1.807, 2.05) is 0 Å². The smallest absolute Gasteiger partial charge is 0.471 e. The molecule has 28 heavy (non-hydrogen) atoms. The van der Waals surface area contributed by atoms with Crippen LogP contribution in [0.2, 0.25) is 0 Å². The van der Waals surface area contributed by atoms with Crippen molar-refractivity contribution in [2.45, 2.75) is 30.6 Å². The normalized spacial score (nSPS) is 21.9. The number of carbonyl (C=O) groups is 4. The second-order valence-electron chi connectivity index (χ2n) is 6.26. The number of ether oxygens (including phenoxy) is 1. The second-order valence-corrected chi connectivity index (χ2v) is 6.26. The average molecular weight is 402 g/mol. The van der Waals surface area contributed by atoms with Gasteiger partial charge in [0, 0.05) is 6.42 Å². The fourth-order valence-corrected chi connectivity index (χ4v) is 2.75. The third kappa shape index (κ3) is 4.59. The van der Waals surface area contributed by atoms with Gasteiger partial charge in [-0.15, -0.1) is 0 Å². The van der Waals surface area contributed by atoms with Gasteiger partial charge < -0.3 is 20.5 Å². The first-order chi connectivity index (χ1) is 13.0. The zero-order valence-corrected chi connectivity index (χ0v) is 14.6. The highest BCUT2D eigenvalue weighted by Gasteiger charge is 2.67. The van der Waals surface area contributed by atoms with Gasteiger partial charge in [0.2, 0.25) is 5.91 Å². The molecular formula is C17H17F3N2O6. The van der Waals surface area contributed by atoms with Crippen molar-refractivity contribution in [3.8, 4) is 0 Å². The van der Waals surface area contributed by atoms with Crippen LogP contribution in [0.25, 0.3) is 0 Å². The lowest BCUT2D eigenvalue weighted by atomic mass is 10.0. The van der Waals surface area contributed by atoms with Crippen LogP contribution in [0.3, 0.4) is 0 Å². The molecule has 0 radical (unpaired) electrons. The van der Waals surface area contributed by atoms with Gasteiger partial charge in [-0.05, 0) is 12.0 Å². The van der Waals surface area contributed by atoms with Gasteiger partial charge in [0.1, 0.15) is 11.6 Å². The number of hydrogen-bond acceptors (Lipinski definition) is 5. The van der Waals surface area contributed by atoms with Crippen LogP contribution in [0.4, 0.5) is 13.2 Å². The summed E-state index contributed by atoms with van der Waals surface area (Å²) in [5.41, 5.74) is -1.67. The number of hydrogen-bond donors (Lipinski definition) is 3. The number of amides is 2. The van der Waals surface area contributed by atoms with Crippen LogP contribution in [-0.2, 0) is 30.3 Å². The van der Waals surface area contributed by atoms with Crippen molar-refractivity contribution in [1.29, 1.82) is 0 Å². The van der Waals surface area contributed by atoms with Crippen molar-refractivity contribution in [2.24, 2.45) is 5.92 Å². The summed E-state index contributed by atoms with van der Waals surface area (Å²) < 4.78 is 42.3. The van der Waals surface area contributed by atoms with E-state index in [9.17, 15) is 32.3 Å². The van der Waals surface area contributed by atoms with Gasteiger partial charge in [-0.25, -0.2) is 4.79 Å². The van der Waals surface area contributed by atoms with E-state index < -0.39 is 53.8 Å². The number of carbonyl (C=O) groups excluding carboxylic acids is 3. The first-order valence-electron chi connectivity index (χ1n) is 8.06. The summed E-state index contributed by atoms with van der Waals surface area (Å²) in [4.78, 5) is 47.0. The van der Waals surface area contributed by atoms with E-state index in [0.717, 1.165) is 7.11 Å². The van der Waals surface area contributed by atoms with Gasteiger partial charge in [0.15, 0.2) is 0 Å². The predicted molar refractivity (Wildman–Crippen MR) is 86.8 cm³/mol. The lowest BCUT2D eigenvalue weighted by molar-refractivity contribution is -0.175. The molecule has 2 amide bonds. The van der Waals surface area contributed by atoms with E-state index in [-0.39, 0.29) is 6.42 Å². The number of benzene rings is 1. The Hall–Kier alpha value is -3.11. The molecular weight excluding hydrogens is 385 g/mol. The van der Waals surface area contributed by atoms with Crippen LogP contribution in [0.15, 0.2) is 30.3 Å². The van der Waals surface area contributed by atoms with Crippen LogP contribution in [0.5, 0.6) is 0 Å². The molecule has 2 rings (SSSR count). The molecule has 3 N–H and O–H groups in total. The summed E-state index contributed by atoms with van der Waals surface area (Å²) in [6.07, 6.45) is -5.87. The maximum Gasteiger partial charge on any atom is 0.471 e. The fourth-order valence-electron chi connectivity index (χ4n) is 2.75. The highest BCUT2D eigenvalue weighted by molar-refractivity contribution is 6.02. The molecule has 1 fully saturated rings. The van der Waals surface area contributed by atoms with E-state index in [4.69, 9.17) is 5.11 Å². The predicted octanol–water partition coefficient (Wildman–Crippen LogP) is 0.409. The van der Waals surface area contributed by atoms with Gasteiger partial charge in [-0.3, -0.25) is 14.4 Å². The minimum atomic E-state index is -5.30. The van der Waals surface area contributed by atoms with Crippen molar-refractivity contribution < 1.29 is 42.2 Å². The lowest BCUT2D eigenvalue weighted by Crippen LogP contribution is -2.57. The summed E-state index contributed by atoms with van der Waals surface area (Å²) >= 11 is 0. The first kappa shape index (κ1) is 21.2. The van der Waals surface area contributed by atoms with Crippen LogP contribution in [0.1, 0.15) is 12.0 Å². The molecule has 0 aliphatic heterocycles. The highest BCUT2D eigenvalue weighted by Crippen LogP contribution is 2.44. The second kappa shape index (κ2) is 7.87. The molecule has 0 spiro atoms. The lowest BCUT2D eigenvalue weighted by Gasteiger charge is -2.23. The molecule has 1 aliphatic rings. The Labute approximate surface area is 157 Å². The molecule has 3 atom stereocenters. The number of nitrogens with one attached hydrogen (secondary N) is 2. The number of halogens is 3. The molecule has 8 nitrogen and oxygen atoms in total. The standard InChI is InChI=1S/C17H17F3N2O6/c1-28-13(25)11(7-9-5-3-2-4-6-9)21-14(26)16(8-10(16)12(23)24)22-15(27)17(18,19)20/h2-6,10-11H,7-8H2,1H3,(H,21,26)(H,22,27)(H,23,24)/t10-,11-,16-/m0/s1. The first-order valence-corrected chi connectivity index (χ1v) is 8.06. The molecule has 0 aromatic heterocycles. The Morgan fingerprint density at radius 3 is 2.32 bits per heavy atom. The Balaban J connectivity index is 2.21. The minimum Gasteiger partial charge on any atom is -0.481 e. The molecule has 0 unspecified atom stereocenters. The fraction of sp³-hybridized carbons (Fsp3) is 0.412. The van der Waals surface area contributed by atoms with Crippen molar-refractivity contribution >= 4 is 23.8 Å². The van der Waals surface area contributed by atoms with E-state index in [0.29, 0.717) is 5.56 Å². The van der Waals surface area contributed by atoms with Crippen LogP contribution in [-0.4, -0.2) is 53.7 Å². The van der Waals surface area contributed by atoms with E-state index in [2.05, 4.69) is 10.1 Å². The summed E-state index contributed by atoms with van der Waals surface area (Å²) in [6, 6.07) is 7.10. The SMILES string of the molecule is COC(=O)[C@H](Cc1ccccc1)NC(=O)[C@]1(NC(=O)C(F)(F)F)C[C@H]1C(=O)O. The number of alkyl halides is 3. The molecule has 11 heteroatoms. The van der Waals surface area contributed by atoms with Crippen LogP contribution < -0.4 is 10.6 Å². The highest BCUT2D eigenvalue weighted by atomic mass is 19.4.